The molecular weight excluding hydrogens is 289 g/mol. The Bertz CT molecular complexity index is 566. The van der Waals surface area contributed by atoms with Crippen molar-refractivity contribution in [3.05, 3.63) is 33.3 Å². The molecular formula is C12H11Cl2N3S. The fraction of sp³-hybridized carbons (Fsp3) is 0.333. The average molecular weight is 300 g/mol. The van der Waals surface area contributed by atoms with E-state index in [0.717, 1.165) is 22.1 Å². The molecule has 0 amide bonds. The van der Waals surface area contributed by atoms with Crippen LogP contribution in [-0.4, -0.2) is 16.2 Å². The lowest BCUT2D eigenvalue weighted by Crippen LogP contribution is -2.14. The highest BCUT2D eigenvalue weighted by molar-refractivity contribution is 7.14. The van der Waals surface area contributed by atoms with E-state index in [0.29, 0.717) is 16.1 Å². The molecule has 18 heavy (non-hydrogen) atoms. The summed E-state index contributed by atoms with van der Waals surface area (Å²) >= 11 is 13.5. The van der Waals surface area contributed by atoms with Crippen LogP contribution in [0.2, 0.25) is 10.0 Å². The SMILES string of the molecule is Clc1ccc(-c2nnc(CNC3CC3)s2)cc1Cl. The molecule has 0 unspecified atom stereocenters. The summed E-state index contributed by atoms with van der Waals surface area (Å²) in [7, 11) is 0. The number of rotatable bonds is 4. The molecule has 0 bridgehead atoms. The van der Waals surface area contributed by atoms with Crippen molar-refractivity contribution in [1.29, 1.82) is 0 Å². The maximum atomic E-state index is 5.99. The summed E-state index contributed by atoms with van der Waals surface area (Å²) in [4.78, 5) is 0. The van der Waals surface area contributed by atoms with Gasteiger partial charge in [0.15, 0.2) is 0 Å². The molecule has 1 aromatic heterocycles. The summed E-state index contributed by atoms with van der Waals surface area (Å²) in [5, 5.41) is 14.8. The van der Waals surface area contributed by atoms with E-state index in [1.54, 1.807) is 17.4 Å². The smallest absolute Gasteiger partial charge is 0.147 e. The Morgan fingerprint density at radius 2 is 2.06 bits per heavy atom. The number of aromatic nitrogens is 2. The van der Waals surface area contributed by atoms with Crippen LogP contribution in [0.5, 0.6) is 0 Å². The van der Waals surface area contributed by atoms with Crippen LogP contribution in [0.25, 0.3) is 10.6 Å². The second-order valence-electron chi connectivity index (χ2n) is 4.29. The van der Waals surface area contributed by atoms with Crippen LogP contribution >= 0.6 is 34.5 Å². The van der Waals surface area contributed by atoms with Crippen molar-refractivity contribution in [3.63, 3.8) is 0 Å². The molecule has 1 aromatic carbocycles. The lowest BCUT2D eigenvalue weighted by Gasteiger charge is -1.98. The second kappa shape index (κ2) is 5.13. The van der Waals surface area contributed by atoms with Crippen molar-refractivity contribution in [1.82, 2.24) is 15.5 Å². The number of hydrogen-bond acceptors (Lipinski definition) is 4. The Morgan fingerprint density at radius 1 is 1.22 bits per heavy atom. The lowest BCUT2D eigenvalue weighted by atomic mass is 10.2. The van der Waals surface area contributed by atoms with Crippen molar-refractivity contribution in [2.24, 2.45) is 0 Å². The molecule has 0 aliphatic heterocycles. The van der Waals surface area contributed by atoms with Crippen LogP contribution in [0.4, 0.5) is 0 Å². The summed E-state index contributed by atoms with van der Waals surface area (Å²) < 4.78 is 0. The molecule has 6 heteroatoms. The number of nitrogens with zero attached hydrogens (tertiary/aromatic N) is 2. The van der Waals surface area contributed by atoms with Gasteiger partial charge in [-0.25, -0.2) is 0 Å². The molecule has 1 aliphatic rings. The van der Waals surface area contributed by atoms with Crippen LogP contribution < -0.4 is 5.32 Å². The fourth-order valence-electron chi connectivity index (χ4n) is 1.59. The van der Waals surface area contributed by atoms with Gasteiger partial charge in [-0.1, -0.05) is 40.6 Å². The zero-order valence-corrected chi connectivity index (χ0v) is 11.8. The Morgan fingerprint density at radius 3 is 2.78 bits per heavy atom. The molecule has 2 aromatic rings. The van der Waals surface area contributed by atoms with Crippen LogP contribution in [-0.2, 0) is 6.54 Å². The van der Waals surface area contributed by atoms with E-state index in [2.05, 4.69) is 15.5 Å². The quantitative estimate of drug-likeness (QED) is 0.934. The molecule has 0 radical (unpaired) electrons. The molecule has 0 spiro atoms. The van der Waals surface area contributed by atoms with E-state index >= 15 is 0 Å². The Balaban J connectivity index is 1.76. The molecule has 1 N–H and O–H groups in total. The minimum Gasteiger partial charge on any atom is -0.308 e. The number of benzene rings is 1. The van der Waals surface area contributed by atoms with Crippen molar-refractivity contribution in [2.45, 2.75) is 25.4 Å². The largest absolute Gasteiger partial charge is 0.308 e. The molecule has 1 heterocycles. The zero-order chi connectivity index (χ0) is 12.5. The van der Waals surface area contributed by atoms with Gasteiger partial charge in [0.25, 0.3) is 0 Å². The third-order valence-corrected chi connectivity index (χ3v) is 4.46. The van der Waals surface area contributed by atoms with Crippen LogP contribution in [0.1, 0.15) is 17.8 Å². The van der Waals surface area contributed by atoms with Gasteiger partial charge >= 0.3 is 0 Å². The summed E-state index contributed by atoms with van der Waals surface area (Å²) in [6.07, 6.45) is 2.55. The Kier molecular flexibility index (Phi) is 3.52. The van der Waals surface area contributed by atoms with Gasteiger partial charge < -0.3 is 5.32 Å². The van der Waals surface area contributed by atoms with Gasteiger partial charge in [0.1, 0.15) is 10.0 Å². The number of hydrogen-bond donors (Lipinski definition) is 1. The van der Waals surface area contributed by atoms with E-state index in [1.807, 2.05) is 12.1 Å². The Hall–Kier alpha value is -0.680. The first-order chi connectivity index (χ1) is 8.72. The van der Waals surface area contributed by atoms with E-state index in [-0.39, 0.29) is 0 Å². The molecule has 3 nitrogen and oxygen atoms in total. The van der Waals surface area contributed by atoms with E-state index in [9.17, 15) is 0 Å². The zero-order valence-electron chi connectivity index (χ0n) is 9.49. The fourth-order valence-corrected chi connectivity index (χ4v) is 2.67. The minimum absolute atomic E-state index is 0.544. The minimum atomic E-state index is 0.544. The molecule has 3 rings (SSSR count). The molecule has 0 saturated heterocycles. The molecule has 1 aliphatic carbocycles. The molecule has 94 valence electrons. The van der Waals surface area contributed by atoms with Crippen LogP contribution in [0, 0.1) is 0 Å². The van der Waals surface area contributed by atoms with Crippen molar-refractivity contribution in [3.8, 4) is 10.6 Å². The first-order valence-corrected chi connectivity index (χ1v) is 7.31. The maximum absolute atomic E-state index is 5.99. The lowest BCUT2D eigenvalue weighted by molar-refractivity contribution is 0.679. The van der Waals surface area contributed by atoms with Gasteiger partial charge in [0.2, 0.25) is 0 Å². The number of nitrogens with one attached hydrogen (secondary N) is 1. The predicted molar refractivity (Wildman–Crippen MR) is 75.2 cm³/mol. The van der Waals surface area contributed by atoms with Gasteiger partial charge in [0, 0.05) is 18.2 Å². The Labute approximate surface area is 119 Å². The molecule has 1 fully saturated rings. The first kappa shape index (κ1) is 12.4. The molecule has 0 atom stereocenters. The standard InChI is InChI=1S/C12H11Cl2N3S/c13-9-4-1-7(5-10(9)14)12-17-16-11(18-12)6-15-8-2-3-8/h1,4-5,8,15H,2-3,6H2. The van der Waals surface area contributed by atoms with E-state index < -0.39 is 0 Å². The highest BCUT2D eigenvalue weighted by atomic mass is 35.5. The van der Waals surface area contributed by atoms with Gasteiger partial charge in [-0.15, -0.1) is 10.2 Å². The van der Waals surface area contributed by atoms with Gasteiger partial charge in [-0.2, -0.15) is 0 Å². The highest BCUT2D eigenvalue weighted by Gasteiger charge is 2.20. The van der Waals surface area contributed by atoms with Crippen molar-refractivity contribution in [2.75, 3.05) is 0 Å². The normalized spacial score (nSPS) is 15.0. The van der Waals surface area contributed by atoms with Crippen LogP contribution in [0.3, 0.4) is 0 Å². The second-order valence-corrected chi connectivity index (χ2v) is 6.16. The summed E-state index contributed by atoms with van der Waals surface area (Å²) in [5.74, 6) is 0. The van der Waals surface area contributed by atoms with E-state index in [1.165, 1.54) is 12.8 Å². The van der Waals surface area contributed by atoms with Gasteiger partial charge in [0.05, 0.1) is 10.0 Å². The van der Waals surface area contributed by atoms with E-state index in [4.69, 9.17) is 23.2 Å². The third-order valence-electron chi connectivity index (χ3n) is 2.75. The topological polar surface area (TPSA) is 37.8 Å². The summed E-state index contributed by atoms with van der Waals surface area (Å²) in [6.45, 7) is 0.795. The van der Waals surface area contributed by atoms with Crippen molar-refractivity contribution >= 4 is 34.5 Å². The monoisotopic (exact) mass is 299 g/mol. The summed E-state index contributed by atoms with van der Waals surface area (Å²) in [5.41, 5.74) is 0.958. The van der Waals surface area contributed by atoms with Crippen molar-refractivity contribution < 1.29 is 0 Å². The van der Waals surface area contributed by atoms with Gasteiger partial charge in [-0.3, -0.25) is 0 Å². The third kappa shape index (κ3) is 2.83. The average Bonchev–Trinajstić information content (AvgIpc) is 3.08. The first-order valence-electron chi connectivity index (χ1n) is 5.73. The summed E-state index contributed by atoms with van der Waals surface area (Å²) in [6, 6.07) is 6.19. The predicted octanol–water partition coefficient (Wildman–Crippen LogP) is 3.76. The highest BCUT2D eigenvalue weighted by Crippen LogP contribution is 2.30. The number of halogens is 2. The maximum Gasteiger partial charge on any atom is 0.147 e. The van der Waals surface area contributed by atoms with Crippen LogP contribution in [0.15, 0.2) is 18.2 Å². The van der Waals surface area contributed by atoms with Gasteiger partial charge in [-0.05, 0) is 25.0 Å². The molecule has 1 saturated carbocycles.